The largest absolute Gasteiger partial charge is 0.342 e. The minimum atomic E-state index is -0.187. The van der Waals surface area contributed by atoms with Gasteiger partial charge in [0.2, 0.25) is 5.91 Å². The number of nitrogens with zero attached hydrogens (tertiary/aromatic N) is 2. The molecule has 1 aromatic rings. The van der Waals surface area contributed by atoms with E-state index in [1.807, 2.05) is 11.8 Å². The van der Waals surface area contributed by atoms with E-state index >= 15 is 0 Å². The van der Waals surface area contributed by atoms with Crippen molar-refractivity contribution in [1.82, 2.24) is 9.80 Å². The first-order chi connectivity index (χ1) is 13.1. The van der Waals surface area contributed by atoms with Crippen molar-refractivity contribution in [2.75, 3.05) is 25.4 Å². The fourth-order valence-corrected chi connectivity index (χ4v) is 4.71. The van der Waals surface area contributed by atoms with Gasteiger partial charge in [-0.1, -0.05) is 25.0 Å². The van der Waals surface area contributed by atoms with Gasteiger partial charge in [-0.2, -0.15) is 0 Å². The maximum absolute atomic E-state index is 12.5. The molecule has 0 aromatic heterocycles. The zero-order valence-electron chi connectivity index (χ0n) is 16.0. The lowest BCUT2D eigenvalue weighted by Gasteiger charge is -2.24. The molecular weight excluding hydrogens is 360 g/mol. The number of imide groups is 1. The maximum atomic E-state index is 12.5. The Morgan fingerprint density at radius 2 is 1.59 bits per heavy atom. The van der Waals surface area contributed by atoms with Crippen molar-refractivity contribution in [3.05, 3.63) is 35.4 Å². The standard InChI is InChI=1S/C21H28N2O3S/c1-16(19(24)22-12-6-2-3-7-13-22)27-15-9-8-14-23-20(25)17-10-4-5-11-18(17)21(23)26/h4-5,10-11,16H,2-3,6-9,12-15H2,1H3. The zero-order valence-corrected chi connectivity index (χ0v) is 16.8. The molecule has 3 amide bonds. The van der Waals surface area contributed by atoms with Crippen molar-refractivity contribution >= 4 is 29.5 Å². The smallest absolute Gasteiger partial charge is 0.261 e. The van der Waals surface area contributed by atoms with Gasteiger partial charge in [-0.15, -0.1) is 11.8 Å². The van der Waals surface area contributed by atoms with Crippen molar-refractivity contribution in [2.45, 2.75) is 50.7 Å². The molecule has 2 aliphatic rings. The Bertz CT molecular complexity index is 663. The van der Waals surface area contributed by atoms with Crippen LogP contribution in [0.5, 0.6) is 0 Å². The highest BCUT2D eigenvalue weighted by Gasteiger charge is 2.34. The van der Waals surface area contributed by atoms with Gasteiger partial charge >= 0.3 is 0 Å². The van der Waals surface area contributed by atoms with E-state index in [9.17, 15) is 14.4 Å². The predicted molar refractivity (Wildman–Crippen MR) is 108 cm³/mol. The lowest BCUT2D eigenvalue weighted by Crippen LogP contribution is -2.37. The normalized spacial score (nSPS) is 18.4. The number of hydrogen-bond acceptors (Lipinski definition) is 4. The first-order valence-electron chi connectivity index (χ1n) is 9.95. The van der Waals surface area contributed by atoms with Gasteiger partial charge in [0.25, 0.3) is 11.8 Å². The summed E-state index contributed by atoms with van der Waals surface area (Å²) in [5.41, 5.74) is 1.02. The summed E-state index contributed by atoms with van der Waals surface area (Å²) in [6.07, 6.45) is 6.33. The number of hydrogen-bond donors (Lipinski definition) is 0. The number of rotatable bonds is 7. The summed E-state index contributed by atoms with van der Waals surface area (Å²) in [6.45, 7) is 4.22. The van der Waals surface area contributed by atoms with E-state index in [4.69, 9.17) is 0 Å². The Kier molecular flexibility index (Phi) is 6.94. The lowest BCUT2D eigenvalue weighted by atomic mass is 10.1. The Labute approximate surface area is 165 Å². The molecule has 1 atom stereocenters. The number of amides is 3. The highest BCUT2D eigenvalue weighted by atomic mass is 32.2. The molecule has 0 spiro atoms. The third-order valence-electron chi connectivity index (χ3n) is 5.29. The summed E-state index contributed by atoms with van der Waals surface area (Å²) in [5.74, 6) is 0.743. The van der Waals surface area contributed by atoms with Crippen LogP contribution in [0, 0.1) is 0 Å². The molecule has 0 radical (unpaired) electrons. The fourth-order valence-electron chi connectivity index (χ4n) is 3.69. The van der Waals surface area contributed by atoms with E-state index in [1.165, 1.54) is 17.7 Å². The van der Waals surface area contributed by atoms with Crippen LogP contribution in [0.4, 0.5) is 0 Å². The van der Waals surface area contributed by atoms with Crippen molar-refractivity contribution in [3.8, 4) is 0 Å². The van der Waals surface area contributed by atoms with Gasteiger partial charge in [0.1, 0.15) is 0 Å². The monoisotopic (exact) mass is 388 g/mol. The van der Waals surface area contributed by atoms with Gasteiger partial charge in [-0.25, -0.2) is 0 Å². The summed E-state index contributed by atoms with van der Waals surface area (Å²) < 4.78 is 0. The van der Waals surface area contributed by atoms with Crippen molar-refractivity contribution in [1.29, 1.82) is 0 Å². The lowest BCUT2D eigenvalue weighted by molar-refractivity contribution is -0.130. The van der Waals surface area contributed by atoms with E-state index in [-0.39, 0.29) is 23.0 Å². The number of carbonyl (C=O) groups is 3. The second-order valence-electron chi connectivity index (χ2n) is 7.27. The number of carbonyl (C=O) groups excluding carboxylic acids is 3. The number of likely N-dealkylation sites (tertiary alicyclic amines) is 1. The minimum absolute atomic E-state index is 0.0256. The van der Waals surface area contributed by atoms with Crippen LogP contribution in [0.3, 0.4) is 0 Å². The average Bonchev–Trinajstić information content (AvgIpc) is 2.88. The molecular formula is C21H28N2O3S. The van der Waals surface area contributed by atoms with Gasteiger partial charge in [-0.05, 0) is 50.5 Å². The van der Waals surface area contributed by atoms with Crippen LogP contribution in [0.15, 0.2) is 24.3 Å². The van der Waals surface area contributed by atoms with Crippen molar-refractivity contribution in [3.63, 3.8) is 0 Å². The molecule has 6 heteroatoms. The second-order valence-corrected chi connectivity index (χ2v) is 8.72. The molecule has 0 N–H and O–H groups in total. The van der Waals surface area contributed by atoms with Crippen LogP contribution in [0.1, 0.15) is 66.2 Å². The Balaban J connectivity index is 1.38. The molecule has 5 nitrogen and oxygen atoms in total. The van der Waals surface area contributed by atoms with E-state index in [1.54, 1.807) is 36.0 Å². The summed E-state index contributed by atoms with van der Waals surface area (Å²) in [6, 6.07) is 6.99. The molecule has 0 aliphatic carbocycles. The van der Waals surface area contributed by atoms with Crippen LogP contribution in [0.25, 0.3) is 0 Å². The first-order valence-corrected chi connectivity index (χ1v) is 11.0. The first kappa shape index (κ1) is 19.9. The summed E-state index contributed by atoms with van der Waals surface area (Å²) in [7, 11) is 0. The molecule has 1 aromatic carbocycles. The Morgan fingerprint density at radius 3 is 2.19 bits per heavy atom. The maximum Gasteiger partial charge on any atom is 0.261 e. The molecule has 27 heavy (non-hydrogen) atoms. The Morgan fingerprint density at radius 1 is 1.00 bits per heavy atom. The average molecular weight is 389 g/mol. The van der Waals surface area contributed by atoms with Gasteiger partial charge in [-0.3, -0.25) is 19.3 Å². The SMILES string of the molecule is CC(SCCCCN1C(=O)c2ccccc2C1=O)C(=O)N1CCCCCC1. The molecule has 2 aliphatic heterocycles. The van der Waals surface area contributed by atoms with Crippen molar-refractivity contribution < 1.29 is 14.4 Å². The van der Waals surface area contributed by atoms with Crippen LogP contribution < -0.4 is 0 Å². The number of benzene rings is 1. The molecule has 2 heterocycles. The van der Waals surface area contributed by atoms with E-state index in [0.29, 0.717) is 17.7 Å². The zero-order chi connectivity index (χ0) is 19.2. The molecule has 3 rings (SSSR count). The highest BCUT2D eigenvalue weighted by Crippen LogP contribution is 2.23. The van der Waals surface area contributed by atoms with Crippen molar-refractivity contribution in [2.24, 2.45) is 0 Å². The van der Waals surface area contributed by atoms with E-state index in [0.717, 1.165) is 44.5 Å². The van der Waals surface area contributed by atoms with E-state index in [2.05, 4.69) is 0 Å². The fraction of sp³-hybridized carbons (Fsp3) is 0.571. The van der Waals surface area contributed by atoms with Gasteiger partial charge in [0.15, 0.2) is 0 Å². The molecule has 0 bridgehead atoms. The second kappa shape index (κ2) is 9.40. The Hall–Kier alpha value is -1.82. The van der Waals surface area contributed by atoms with Crippen LogP contribution in [-0.2, 0) is 4.79 Å². The quantitative estimate of drug-likeness (QED) is 0.529. The third-order valence-corrected chi connectivity index (χ3v) is 6.51. The molecule has 1 unspecified atom stereocenters. The van der Waals surface area contributed by atoms with E-state index < -0.39 is 0 Å². The topological polar surface area (TPSA) is 57.7 Å². The predicted octanol–water partition coefficient (Wildman–Crippen LogP) is 3.59. The van der Waals surface area contributed by atoms with Crippen LogP contribution in [0.2, 0.25) is 0 Å². The van der Waals surface area contributed by atoms with Gasteiger partial charge in [0, 0.05) is 19.6 Å². The third kappa shape index (κ3) is 4.72. The molecule has 0 saturated carbocycles. The summed E-state index contributed by atoms with van der Waals surface area (Å²) >= 11 is 1.68. The van der Waals surface area contributed by atoms with Crippen LogP contribution >= 0.6 is 11.8 Å². The number of unbranched alkanes of at least 4 members (excludes halogenated alkanes) is 1. The van der Waals surface area contributed by atoms with Crippen LogP contribution in [-0.4, -0.2) is 58.2 Å². The molecule has 1 fully saturated rings. The minimum Gasteiger partial charge on any atom is -0.342 e. The summed E-state index contributed by atoms with van der Waals surface area (Å²) in [4.78, 5) is 40.6. The van der Waals surface area contributed by atoms with Gasteiger partial charge in [0.05, 0.1) is 16.4 Å². The highest BCUT2D eigenvalue weighted by molar-refractivity contribution is 8.00. The number of fused-ring (bicyclic) bond motifs is 1. The van der Waals surface area contributed by atoms with Gasteiger partial charge < -0.3 is 4.90 Å². The number of thioether (sulfide) groups is 1. The summed E-state index contributed by atoms with van der Waals surface area (Å²) in [5, 5.41) is -0.0256. The molecule has 146 valence electrons. The molecule has 1 saturated heterocycles.